The first-order valence-corrected chi connectivity index (χ1v) is 8.85. The molecule has 2 aromatic carbocycles. The molecule has 2 aromatic rings. The lowest BCUT2D eigenvalue weighted by atomic mass is 10.2. The molecule has 0 bridgehead atoms. The summed E-state index contributed by atoms with van der Waals surface area (Å²) in [5, 5.41) is 0. The molecule has 0 saturated carbocycles. The van der Waals surface area contributed by atoms with Crippen molar-refractivity contribution >= 4 is 41.1 Å². The maximum Gasteiger partial charge on any atom is 0.446 e. The predicted molar refractivity (Wildman–Crippen MR) is 88.6 cm³/mol. The van der Waals surface area contributed by atoms with Crippen molar-refractivity contribution in [1.29, 1.82) is 0 Å². The molecule has 0 atom stereocenters. The zero-order valence-electron chi connectivity index (χ0n) is 10.6. The molecule has 110 valence electrons. The molecule has 0 saturated heterocycles. The van der Waals surface area contributed by atoms with Crippen LogP contribution in [0.5, 0.6) is 0 Å². The molecule has 2 rings (SSSR count). The Bertz CT molecular complexity index is 639. The fourth-order valence-electron chi connectivity index (χ4n) is 1.49. The van der Waals surface area contributed by atoms with Gasteiger partial charge in [-0.25, -0.2) is 0 Å². The Morgan fingerprint density at radius 1 is 0.905 bits per heavy atom. The minimum absolute atomic E-state index is 0.112. The lowest BCUT2D eigenvalue weighted by Crippen LogP contribution is -2.14. The maximum atomic E-state index is 12.7. The van der Waals surface area contributed by atoms with Crippen molar-refractivity contribution in [3.63, 3.8) is 0 Å². The number of rotatable bonds is 4. The fourth-order valence-corrected chi connectivity index (χ4v) is 5.52. The van der Waals surface area contributed by atoms with E-state index < -0.39 is 32.0 Å². The molecule has 0 aliphatic heterocycles. The van der Waals surface area contributed by atoms with Crippen LogP contribution in [-0.4, -0.2) is 14.1 Å². The molecule has 0 heterocycles. The lowest BCUT2D eigenvalue weighted by molar-refractivity contribution is -0.0315. The molecule has 0 aromatic heterocycles. The van der Waals surface area contributed by atoms with Gasteiger partial charge in [-0.05, 0) is 23.9 Å². The second-order valence-electron chi connectivity index (χ2n) is 3.91. The van der Waals surface area contributed by atoms with E-state index in [1.165, 1.54) is 12.1 Å². The average Bonchev–Trinajstić information content (AvgIpc) is 2.46. The summed E-state index contributed by atoms with van der Waals surface area (Å²) in [6.07, 6.45) is 0. The summed E-state index contributed by atoms with van der Waals surface area (Å²) < 4.78 is 38.7. The van der Waals surface area contributed by atoms with Crippen molar-refractivity contribution in [2.24, 2.45) is 0 Å². The van der Waals surface area contributed by atoms with E-state index in [9.17, 15) is 18.0 Å². The molecular formula is C15H10F3IOS. The summed E-state index contributed by atoms with van der Waals surface area (Å²) in [6, 6.07) is 16.9. The van der Waals surface area contributed by atoms with Gasteiger partial charge in [0.1, 0.15) is 0 Å². The lowest BCUT2D eigenvalue weighted by Gasteiger charge is -2.08. The van der Waals surface area contributed by atoms with Crippen molar-refractivity contribution in [3.05, 3.63) is 69.8 Å². The van der Waals surface area contributed by atoms with E-state index in [1.54, 1.807) is 48.5 Å². The van der Waals surface area contributed by atoms with Gasteiger partial charge in [-0.15, -0.1) is 0 Å². The maximum absolute atomic E-state index is 12.7. The second kappa shape index (κ2) is 7.22. The average molecular weight is 422 g/mol. The Balaban J connectivity index is 2.37. The van der Waals surface area contributed by atoms with Crippen molar-refractivity contribution in [1.82, 2.24) is 0 Å². The van der Waals surface area contributed by atoms with Crippen molar-refractivity contribution in [2.45, 2.75) is 5.51 Å². The molecule has 6 heteroatoms. The first kappa shape index (κ1) is 16.2. The first-order chi connectivity index (χ1) is 9.96. The van der Waals surface area contributed by atoms with E-state index in [0.29, 0.717) is 5.56 Å². The molecule has 1 nitrogen and oxygen atoms in total. The Morgan fingerprint density at radius 2 is 1.43 bits per heavy atom. The van der Waals surface area contributed by atoms with Crippen LogP contribution in [0.15, 0.2) is 60.7 Å². The van der Waals surface area contributed by atoms with Crippen LogP contribution >= 0.6 is 32.5 Å². The normalized spacial score (nSPS) is 12.6. The second-order valence-corrected chi connectivity index (χ2v) is 8.58. The van der Waals surface area contributed by atoms with Crippen LogP contribution < -0.4 is 0 Å². The summed E-state index contributed by atoms with van der Waals surface area (Å²) in [5.41, 5.74) is -4.16. The topological polar surface area (TPSA) is 17.1 Å². The molecule has 0 amide bonds. The van der Waals surface area contributed by atoms with Gasteiger partial charge in [0, 0.05) is 9.13 Å². The Hall–Kier alpha value is -1.15. The van der Waals surface area contributed by atoms with Gasteiger partial charge in [-0.1, -0.05) is 69.3 Å². The van der Waals surface area contributed by atoms with Crippen molar-refractivity contribution in [3.8, 4) is 0 Å². The molecule has 0 fully saturated rings. The smallest absolute Gasteiger partial charge is 0.288 e. The minimum Gasteiger partial charge on any atom is -0.288 e. The number of hydrogen-bond acceptors (Lipinski definition) is 2. The minimum atomic E-state index is -4.45. The number of hydrogen-bond donors (Lipinski definition) is 0. The third kappa shape index (κ3) is 5.28. The SMILES string of the molecule is O=C(C(SC(F)(F)F)=Ic1ccccc1)c1ccccc1. The van der Waals surface area contributed by atoms with Crippen LogP contribution in [0.2, 0.25) is 0 Å². The molecule has 0 N–H and O–H groups in total. The molecule has 0 radical (unpaired) electrons. The van der Waals surface area contributed by atoms with Gasteiger partial charge in [0.2, 0.25) is 5.78 Å². The highest BCUT2D eigenvalue weighted by molar-refractivity contribution is 14.2. The third-order valence-corrected chi connectivity index (χ3v) is 6.44. The number of Topliss-reactive ketones (excluding diaryl/α,β-unsaturated/α-hetero) is 1. The largest absolute Gasteiger partial charge is 0.446 e. The number of halogens is 4. The third-order valence-electron chi connectivity index (χ3n) is 2.35. The predicted octanol–water partition coefficient (Wildman–Crippen LogP) is 5.09. The molecular weight excluding hydrogens is 412 g/mol. The highest BCUT2D eigenvalue weighted by Crippen LogP contribution is 2.36. The monoisotopic (exact) mass is 422 g/mol. The standard InChI is InChI=1S/C15H10F3IOS/c16-15(17,18)21-14(19-12-9-5-2-6-10-12)13(20)11-7-3-1-4-8-11/h1-10H. The Morgan fingerprint density at radius 3 is 1.95 bits per heavy atom. The van der Waals surface area contributed by atoms with Gasteiger partial charge in [0.05, 0.1) is 2.84 Å². The van der Waals surface area contributed by atoms with Gasteiger partial charge < -0.3 is 0 Å². The van der Waals surface area contributed by atoms with E-state index in [2.05, 4.69) is 0 Å². The van der Waals surface area contributed by atoms with Crippen LogP contribution in [0.1, 0.15) is 10.4 Å². The van der Waals surface area contributed by atoms with Crippen molar-refractivity contribution < 1.29 is 18.0 Å². The number of thioether (sulfide) groups is 1. The first-order valence-electron chi connectivity index (χ1n) is 5.88. The number of alkyl halides is 3. The summed E-state index contributed by atoms with van der Waals surface area (Å²) in [4.78, 5) is 12.3. The number of ketones is 1. The number of carbonyl (C=O) groups excluding carboxylic acids is 1. The molecule has 0 aliphatic rings. The summed E-state index contributed by atoms with van der Waals surface area (Å²) in [6.45, 7) is 0. The molecule has 0 spiro atoms. The summed E-state index contributed by atoms with van der Waals surface area (Å²) in [5.74, 6) is -0.533. The van der Waals surface area contributed by atoms with E-state index >= 15 is 0 Å². The summed E-state index contributed by atoms with van der Waals surface area (Å²) >= 11 is -1.45. The highest BCUT2D eigenvalue weighted by atomic mass is 127. The highest BCUT2D eigenvalue weighted by Gasteiger charge is 2.33. The van der Waals surface area contributed by atoms with Gasteiger partial charge in [-0.2, -0.15) is 13.2 Å². The summed E-state index contributed by atoms with van der Waals surface area (Å²) in [7, 11) is 0. The van der Waals surface area contributed by atoms with Gasteiger partial charge >= 0.3 is 5.51 Å². The fraction of sp³-hybridized carbons (Fsp3) is 0.0667. The molecule has 21 heavy (non-hydrogen) atoms. The van der Waals surface area contributed by atoms with Crippen LogP contribution in [0.3, 0.4) is 0 Å². The quantitative estimate of drug-likeness (QED) is 0.504. The molecule has 0 unspecified atom stereocenters. The number of carbonyl (C=O) groups is 1. The van der Waals surface area contributed by atoms with Gasteiger partial charge in [-0.3, -0.25) is 4.79 Å². The van der Waals surface area contributed by atoms with E-state index in [0.717, 1.165) is 3.57 Å². The van der Waals surface area contributed by atoms with Crippen molar-refractivity contribution in [2.75, 3.05) is 0 Å². The van der Waals surface area contributed by atoms with Gasteiger partial charge in [0.15, 0.2) is 0 Å². The number of benzene rings is 2. The van der Waals surface area contributed by atoms with Crippen LogP contribution in [0.4, 0.5) is 13.2 Å². The van der Waals surface area contributed by atoms with E-state index in [4.69, 9.17) is 0 Å². The Labute approximate surface area is 134 Å². The van der Waals surface area contributed by atoms with Crippen LogP contribution in [0.25, 0.3) is 0 Å². The molecule has 0 aliphatic carbocycles. The zero-order chi connectivity index (χ0) is 15.3. The van der Waals surface area contributed by atoms with Crippen LogP contribution in [0, 0.1) is 3.57 Å². The zero-order valence-corrected chi connectivity index (χ0v) is 13.6. The van der Waals surface area contributed by atoms with Gasteiger partial charge in [0.25, 0.3) is 0 Å². The van der Waals surface area contributed by atoms with E-state index in [1.807, 2.05) is 0 Å². The van der Waals surface area contributed by atoms with E-state index in [-0.39, 0.29) is 14.6 Å². The Kier molecular flexibility index (Phi) is 5.58. The van der Waals surface area contributed by atoms with Crippen LogP contribution in [-0.2, 0) is 0 Å².